The molecule has 1 heterocycles. The monoisotopic (exact) mass is 269 g/mol. The quantitative estimate of drug-likeness (QED) is 0.867. The van der Waals surface area contributed by atoms with E-state index in [-0.39, 0.29) is 0 Å². The van der Waals surface area contributed by atoms with Crippen molar-refractivity contribution in [1.82, 2.24) is 20.2 Å². The molecule has 0 bridgehead atoms. The summed E-state index contributed by atoms with van der Waals surface area (Å²) >= 11 is 0. The zero-order chi connectivity index (χ0) is 13.8. The minimum atomic E-state index is 0.735. The van der Waals surface area contributed by atoms with Crippen molar-refractivity contribution in [2.24, 2.45) is 5.92 Å². The topological polar surface area (TPSA) is 55.6 Å². The maximum absolute atomic E-state index is 4.00. The van der Waals surface area contributed by atoms with Crippen molar-refractivity contribution in [2.75, 3.05) is 11.9 Å². The molecule has 104 valence electrons. The fourth-order valence-electron chi connectivity index (χ4n) is 2.52. The fourth-order valence-corrected chi connectivity index (χ4v) is 2.52. The van der Waals surface area contributed by atoms with Crippen LogP contribution < -0.4 is 5.32 Å². The van der Waals surface area contributed by atoms with Crippen molar-refractivity contribution in [3.63, 3.8) is 0 Å². The molecular formula is C15H19N5. The summed E-state index contributed by atoms with van der Waals surface area (Å²) in [6.45, 7) is 2.91. The molecule has 0 spiro atoms. The van der Waals surface area contributed by atoms with Crippen LogP contribution in [0.5, 0.6) is 0 Å². The van der Waals surface area contributed by atoms with Crippen LogP contribution >= 0.6 is 0 Å². The van der Waals surface area contributed by atoms with Gasteiger partial charge < -0.3 is 5.32 Å². The van der Waals surface area contributed by atoms with Gasteiger partial charge in [0.05, 0.1) is 5.69 Å². The minimum Gasteiger partial charge on any atom is -0.385 e. The van der Waals surface area contributed by atoms with Gasteiger partial charge >= 0.3 is 0 Å². The lowest BCUT2D eigenvalue weighted by molar-refractivity contribution is 0.504. The Bertz CT molecular complexity index is 602. The van der Waals surface area contributed by atoms with Crippen LogP contribution in [-0.4, -0.2) is 26.8 Å². The van der Waals surface area contributed by atoms with Crippen LogP contribution in [-0.2, 0) is 0 Å². The molecule has 0 radical (unpaired) electrons. The normalized spacial score (nSPS) is 18.1. The number of anilines is 1. The summed E-state index contributed by atoms with van der Waals surface area (Å²) < 4.78 is 1.74. The van der Waals surface area contributed by atoms with E-state index in [1.807, 2.05) is 19.1 Å². The summed E-state index contributed by atoms with van der Waals surface area (Å²) in [6.07, 6.45) is 8.22. The number of nitrogens with one attached hydrogen (secondary N) is 1. The number of nitrogens with zero attached hydrogens (tertiary/aromatic N) is 4. The highest BCUT2D eigenvalue weighted by Crippen LogP contribution is 2.20. The molecule has 0 saturated carbocycles. The molecule has 1 aliphatic rings. The first-order valence-corrected chi connectivity index (χ1v) is 7.07. The molecule has 1 aromatic heterocycles. The van der Waals surface area contributed by atoms with E-state index >= 15 is 0 Å². The van der Waals surface area contributed by atoms with E-state index in [4.69, 9.17) is 0 Å². The van der Waals surface area contributed by atoms with Crippen LogP contribution in [0.15, 0.2) is 36.4 Å². The first kappa shape index (κ1) is 12.8. The number of tetrazole rings is 1. The predicted molar refractivity (Wildman–Crippen MR) is 78.9 cm³/mol. The van der Waals surface area contributed by atoms with Crippen LogP contribution in [0.25, 0.3) is 5.69 Å². The number of rotatable bonds is 4. The van der Waals surface area contributed by atoms with E-state index < -0.39 is 0 Å². The summed E-state index contributed by atoms with van der Waals surface area (Å²) in [5, 5.41) is 15.1. The van der Waals surface area contributed by atoms with Crippen molar-refractivity contribution in [1.29, 1.82) is 0 Å². The highest BCUT2D eigenvalue weighted by molar-refractivity contribution is 5.51. The third-order valence-corrected chi connectivity index (χ3v) is 3.69. The van der Waals surface area contributed by atoms with E-state index in [9.17, 15) is 0 Å². The number of allylic oxidation sites excluding steroid dienone is 2. The molecular weight excluding hydrogens is 250 g/mol. The van der Waals surface area contributed by atoms with Gasteiger partial charge in [-0.1, -0.05) is 18.2 Å². The standard InChI is InChI=1S/C15H19N5/c1-12-17-18-19-20(12)15-9-5-8-14(10-15)16-11-13-6-3-2-4-7-13/h2-3,5,8-10,13,16H,4,6-7,11H2,1H3. The number of aromatic nitrogens is 4. The van der Waals surface area contributed by atoms with E-state index in [0.29, 0.717) is 0 Å². The summed E-state index contributed by atoms with van der Waals surface area (Å²) in [5.41, 5.74) is 2.10. The first-order chi connectivity index (χ1) is 9.83. The SMILES string of the molecule is Cc1nnnn1-c1cccc(NCC2CC=CCC2)c1. The predicted octanol–water partition coefficient (Wildman–Crippen LogP) is 2.74. The molecule has 1 atom stereocenters. The maximum Gasteiger partial charge on any atom is 0.153 e. The average molecular weight is 269 g/mol. The Kier molecular flexibility index (Phi) is 3.76. The fraction of sp³-hybridized carbons (Fsp3) is 0.400. The first-order valence-electron chi connectivity index (χ1n) is 7.07. The second-order valence-corrected chi connectivity index (χ2v) is 5.22. The van der Waals surface area contributed by atoms with Gasteiger partial charge in [0.2, 0.25) is 0 Å². The highest BCUT2D eigenvalue weighted by Gasteiger charge is 2.10. The smallest absolute Gasteiger partial charge is 0.153 e. The molecule has 0 saturated heterocycles. The van der Waals surface area contributed by atoms with Gasteiger partial charge in [0, 0.05) is 12.2 Å². The van der Waals surface area contributed by atoms with Crippen LogP contribution in [0.3, 0.4) is 0 Å². The Morgan fingerprint density at radius 3 is 3.05 bits per heavy atom. The zero-order valence-electron chi connectivity index (χ0n) is 11.7. The van der Waals surface area contributed by atoms with E-state index in [1.54, 1.807) is 4.68 Å². The van der Waals surface area contributed by atoms with Gasteiger partial charge in [-0.2, -0.15) is 4.68 Å². The van der Waals surface area contributed by atoms with Crippen molar-refractivity contribution in [3.05, 3.63) is 42.2 Å². The average Bonchev–Trinajstić information content (AvgIpc) is 2.93. The van der Waals surface area contributed by atoms with Gasteiger partial charge in [0.1, 0.15) is 0 Å². The van der Waals surface area contributed by atoms with Gasteiger partial charge in [-0.3, -0.25) is 0 Å². The third-order valence-electron chi connectivity index (χ3n) is 3.69. The Labute approximate surface area is 118 Å². The van der Waals surface area contributed by atoms with Crippen molar-refractivity contribution in [2.45, 2.75) is 26.2 Å². The summed E-state index contributed by atoms with van der Waals surface area (Å²) in [7, 11) is 0. The molecule has 1 N–H and O–H groups in total. The lowest BCUT2D eigenvalue weighted by Crippen LogP contribution is -2.15. The molecule has 2 aromatic rings. The van der Waals surface area contributed by atoms with Crippen LogP contribution in [0.4, 0.5) is 5.69 Å². The Morgan fingerprint density at radius 2 is 2.30 bits per heavy atom. The summed E-state index contributed by atoms with van der Waals surface area (Å²) in [4.78, 5) is 0. The molecule has 0 amide bonds. The molecule has 5 nitrogen and oxygen atoms in total. The maximum atomic E-state index is 4.00. The molecule has 5 heteroatoms. The van der Waals surface area contributed by atoms with Crippen molar-refractivity contribution >= 4 is 5.69 Å². The van der Waals surface area contributed by atoms with Gasteiger partial charge in [-0.15, -0.1) is 5.10 Å². The second-order valence-electron chi connectivity index (χ2n) is 5.22. The molecule has 20 heavy (non-hydrogen) atoms. The number of hydrogen-bond acceptors (Lipinski definition) is 4. The van der Waals surface area contributed by atoms with Crippen molar-refractivity contribution < 1.29 is 0 Å². The highest BCUT2D eigenvalue weighted by atomic mass is 15.5. The molecule has 1 aliphatic carbocycles. The molecule has 0 fully saturated rings. The largest absolute Gasteiger partial charge is 0.385 e. The third kappa shape index (κ3) is 2.87. The van der Waals surface area contributed by atoms with Gasteiger partial charge in [-0.05, 0) is 60.7 Å². The van der Waals surface area contributed by atoms with Crippen molar-refractivity contribution in [3.8, 4) is 5.69 Å². The van der Waals surface area contributed by atoms with Crippen LogP contribution in [0.2, 0.25) is 0 Å². The summed E-state index contributed by atoms with van der Waals surface area (Å²) in [6, 6.07) is 8.21. The van der Waals surface area contributed by atoms with Gasteiger partial charge in [0.25, 0.3) is 0 Å². The lowest BCUT2D eigenvalue weighted by Gasteiger charge is -2.19. The molecule has 3 rings (SSSR count). The lowest BCUT2D eigenvalue weighted by atomic mass is 9.94. The minimum absolute atomic E-state index is 0.735. The number of benzene rings is 1. The molecule has 1 aromatic carbocycles. The number of aryl methyl sites for hydroxylation is 1. The Balaban J connectivity index is 1.68. The molecule has 1 unspecified atom stereocenters. The van der Waals surface area contributed by atoms with E-state index in [1.165, 1.54) is 19.3 Å². The number of hydrogen-bond donors (Lipinski definition) is 1. The molecule has 0 aliphatic heterocycles. The van der Waals surface area contributed by atoms with E-state index in [2.05, 4.69) is 45.1 Å². The van der Waals surface area contributed by atoms with Gasteiger partial charge in [0.15, 0.2) is 5.82 Å². The second kappa shape index (κ2) is 5.86. The zero-order valence-corrected chi connectivity index (χ0v) is 11.7. The van der Waals surface area contributed by atoms with Crippen LogP contribution in [0, 0.1) is 12.8 Å². The Morgan fingerprint density at radius 1 is 1.35 bits per heavy atom. The van der Waals surface area contributed by atoms with E-state index in [0.717, 1.165) is 29.7 Å². The summed E-state index contributed by atoms with van der Waals surface area (Å²) in [5.74, 6) is 1.53. The van der Waals surface area contributed by atoms with Gasteiger partial charge in [-0.25, -0.2) is 0 Å². The Hall–Kier alpha value is -2.17. The van der Waals surface area contributed by atoms with Crippen LogP contribution in [0.1, 0.15) is 25.1 Å².